The van der Waals surface area contributed by atoms with E-state index in [1.807, 2.05) is 0 Å². The molecule has 1 N–H and O–H groups in total. The number of carboxylic acid groups (broad SMARTS) is 1. The molecule has 0 fully saturated rings. The van der Waals surface area contributed by atoms with Crippen LogP contribution >= 0.6 is 0 Å². The Hall–Kier alpha value is -0.353. The Kier molecular flexibility index (Phi) is 3.05. The highest BCUT2D eigenvalue weighted by atomic mass is 28.2. The van der Waals surface area contributed by atoms with Crippen molar-refractivity contribution in [3.63, 3.8) is 0 Å². The molecule has 0 spiro atoms. The van der Waals surface area contributed by atoms with Crippen molar-refractivity contribution in [2.75, 3.05) is 0 Å². The van der Waals surface area contributed by atoms with Crippen molar-refractivity contribution in [2.24, 2.45) is 5.41 Å². The van der Waals surface area contributed by atoms with Crippen molar-refractivity contribution >= 4 is 16.5 Å². The summed E-state index contributed by atoms with van der Waals surface area (Å²) in [7, 11) is 2.72. The quantitative estimate of drug-likeness (QED) is 0.600. The Morgan fingerprint density at radius 3 is 2.00 bits per heavy atom. The molecule has 0 aliphatic rings. The molecule has 0 saturated heterocycles. The van der Waals surface area contributed by atoms with E-state index < -0.39 is 12.1 Å². The lowest BCUT2D eigenvalue weighted by Crippen LogP contribution is -2.36. The second-order valence-corrected chi connectivity index (χ2v) is 3.44. The van der Waals surface area contributed by atoms with E-state index >= 15 is 0 Å². The first-order valence-electron chi connectivity index (χ1n) is 2.94. The van der Waals surface area contributed by atoms with Gasteiger partial charge in [0.2, 0.25) is 10.5 Å². The second kappa shape index (κ2) is 3.16. The summed E-state index contributed by atoms with van der Waals surface area (Å²) < 4.78 is 4.58. The molecule has 0 saturated carbocycles. The zero-order valence-corrected chi connectivity index (χ0v) is 7.34. The average molecular weight is 159 g/mol. The van der Waals surface area contributed by atoms with Gasteiger partial charge in [-0.3, -0.25) is 0 Å². The van der Waals surface area contributed by atoms with E-state index in [0.717, 1.165) is 0 Å². The van der Waals surface area contributed by atoms with Gasteiger partial charge in [0.15, 0.2) is 0 Å². The van der Waals surface area contributed by atoms with Crippen molar-refractivity contribution in [3.8, 4) is 0 Å². The molecule has 0 aliphatic carbocycles. The molecule has 0 aromatic heterocycles. The van der Waals surface area contributed by atoms with Crippen molar-refractivity contribution in [1.29, 1.82) is 0 Å². The molecular formula is C6H11O3Si. The van der Waals surface area contributed by atoms with Gasteiger partial charge in [-0.05, 0) is 5.41 Å². The molecule has 1 unspecified atom stereocenters. The van der Waals surface area contributed by atoms with Gasteiger partial charge in [-0.15, -0.1) is 0 Å². The summed E-state index contributed by atoms with van der Waals surface area (Å²) in [4.78, 5) is 10.4. The van der Waals surface area contributed by atoms with Gasteiger partial charge in [-0.2, -0.15) is 0 Å². The first-order valence-corrected chi connectivity index (χ1v) is 3.35. The summed E-state index contributed by atoms with van der Waals surface area (Å²) in [5, 5.41) is 8.55. The maximum Gasteiger partial charge on any atom is 0.332 e. The zero-order valence-electron chi connectivity index (χ0n) is 6.34. The average Bonchev–Trinajstić information content (AvgIpc) is 1.60. The summed E-state index contributed by atoms with van der Waals surface area (Å²) in [5.74, 6) is -0.956. The number of hydrogen-bond donors (Lipinski definition) is 1. The molecule has 0 bridgehead atoms. The Morgan fingerprint density at radius 2 is 2.00 bits per heavy atom. The van der Waals surface area contributed by atoms with E-state index in [1.165, 1.54) is 0 Å². The van der Waals surface area contributed by atoms with Gasteiger partial charge in [0.25, 0.3) is 0 Å². The van der Waals surface area contributed by atoms with E-state index in [2.05, 4.69) is 14.9 Å². The van der Waals surface area contributed by atoms with Gasteiger partial charge in [0.1, 0.15) is 6.10 Å². The predicted molar refractivity (Wildman–Crippen MR) is 37.7 cm³/mol. The van der Waals surface area contributed by atoms with E-state index in [9.17, 15) is 4.79 Å². The fourth-order valence-corrected chi connectivity index (χ4v) is 1.05. The number of hydrogen-bond acceptors (Lipinski definition) is 2. The van der Waals surface area contributed by atoms with Gasteiger partial charge in [-0.1, -0.05) is 20.8 Å². The number of carbonyl (C=O) groups is 1. The molecule has 1 atom stereocenters. The largest absolute Gasteiger partial charge is 0.479 e. The molecule has 10 heavy (non-hydrogen) atoms. The van der Waals surface area contributed by atoms with Crippen LogP contribution in [0.2, 0.25) is 0 Å². The maximum absolute atomic E-state index is 10.4. The van der Waals surface area contributed by atoms with Crippen LogP contribution in [-0.2, 0) is 9.22 Å². The highest BCUT2D eigenvalue weighted by Gasteiger charge is 2.30. The zero-order chi connectivity index (χ0) is 8.36. The van der Waals surface area contributed by atoms with Crippen LogP contribution < -0.4 is 0 Å². The fraction of sp³-hybridized carbons (Fsp3) is 0.833. The molecule has 0 aromatic rings. The monoisotopic (exact) mass is 159 g/mol. The minimum atomic E-state index is -0.956. The predicted octanol–water partition coefficient (Wildman–Crippen LogP) is 0.586. The summed E-state index contributed by atoms with van der Waals surface area (Å²) in [6.07, 6.45) is -0.802. The normalized spacial score (nSPS) is 14.8. The minimum absolute atomic E-state index is 0.381. The van der Waals surface area contributed by atoms with Crippen LogP contribution in [0.3, 0.4) is 0 Å². The van der Waals surface area contributed by atoms with Gasteiger partial charge in [-0.25, -0.2) is 4.79 Å². The lowest BCUT2D eigenvalue weighted by molar-refractivity contribution is -0.149. The van der Waals surface area contributed by atoms with Crippen LogP contribution in [0, 0.1) is 5.41 Å². The van der Waals surface area contributed by atoms with Crippen molar-refractivity contribution in [2.45, 2.75) is 26.9 Å². The SMILES string of the molecule is CC(C)(C)C(O[Si])C(=O)O. The number of carboxylic acids is 1. The van der Waals surface area contributed by atoms with Crippen LogP contribution in [0.5, 0.6) is 0 Å². The van der Waals surface area contributed by atoms with Gasteiger partial charge < -0.3 is 9.53 Å². The fourth-order valence-electron chi connectivity index (χ4n) is 0.598. The van der Waals surface area contributed by atoms with Gasteiger partial charge in [0.05, 0.1) is 0 Å². The molecule has 57 valence electrons. The first kappa shape index (κ1) is 9.65. The highest BCUT2D eigenvalue weighted by molar-refractivity contribution is 5.99. The Morgan fingerprint density at radius 1 is 1.60 bits per heavy atom. The summed E-state index contributed by atoms with van der Waals surface area (Å²) in [6, 6.07) is 0. The molecule has 0 aliphatic heterocycles. The smallest absolute Gasteiger partial charge is 0.332 e. The molecule has 0 amide bonds. The Labute approximate surface area is 63.9 Å². The molecule has 0 heterocycles. The van der Waals surface area contributed by atoms with Crippen LogP contribution in [0.1, 0.15) is 20.8 Å². The molecule has 0 rings (SSSR count). The van der Waals surface area contributed by atoms with E-state index in [1.54, 1.807) is 20.8 Å². The molecule has 3 radical (unpaired) electrons. The lowest BCUT2D eigenvalue weighted by Gasteiger charge is -2.25. The van der Waals surface area contributed by atoms with Crippen LogP contribution in [0.25, 0.3) is 0 Å². The summed E-state index contributed by atoms with van der Waals surface area (Å²) in [6.45, 7) is 5.39. The third-order valence-corrected chi connectivity index (χ3v) is 1.36. The van der Waals surface area contributed by atoms with Crippen LogP contribution in [0.15, 0.2) is 0 Å². The number of rotatable bonds is 2. The maximum atomic E-state index is 10.4. The topological polar surface area (TPSA) is 46.5 Å². The molecule has 0 aromatic carbocycles. The van der Waals surface area contributed by atoms with Crippen molar-refractivity contribution < 1.29 is 14.3 Å². The standard InChI is InChI=1S/C6H11O3Si/c1-6(2,3)4(9-10)5(7)8/h4H,1-3H3,(H,7,8). The third kappa shape index (κ3) is 2.49. The van der Waals surface area contributed by atoms with Crippen LogP contribution in [-0.4, -0.2) is 27.7 Å². The lowest BCUT2D eigenvalue weighted by atomic mass is 9.89. The molecule has 4 heteroatoms. The van der Waals surface area contributed by atoms with Gasteiger partial charge in [0, 0.05) is 0 Å². The first-order chi connectivity index (χ1) is 4.39. The Bertz CT molecular complexity index is 127. The third-order valence-electron chi connectivity index (χ3n) is 1.13. The molecule has 3 nitrogen and oxygen atoms in total. The highest BCUT2D eigenvalue weighted by Crippen LogP contribution is 2.21. The molecular weight excluding hydrogens is 148 g/mol. The Balaban J connectivity index is 4.22. The van der Waals surface area contributed by atoms with Gasteiger partial charge >= 0.3 is 5.97 Å². The minimum Gasteiger partial charge on any atom is -0.479 e. The van der Waals surface area contributed by atoms with Crippen molar-refractivity contribution in [1.82, 2.24) is 0 Å². The summed E-state index contributed by atoms with van der Waals surface area (Å²) >= 11 is 0. The van der Waals surface area contributed by atoms with Crippen molar-refractivity contribution in [3.05, 3.63) is 0 Å². The van der Waals surface area contributed by atoms with E-state index in [4.69, 9.17) is 5.11 Å². The van der Waals surface area contributed by atoms with Crippen LogP contribution in [0.4, 0.5) is 0 Å². The number of aliphatic carboxylic acids is 1. The van der Waals surface area contributed by atoms with E-state index in [-0.39, 0.29) is 5.41 Å². The second-order valence-electron chi connectivity index (χ2n) is 3.20. The summed E-state index contributed by atoms with van der Waals surface area (Å²) in [5.41, 5.74) is -0.381. The van der Waals surface area contributed by atoms with E-state index in [0.29, 0.717) is 0 Å².